The Hall–Kier alpha value is -0.610. The van der Waals surface area contributed by atoms with Gasteiger partial charge in [0.15, 0.2) is 0 Å². The van der Waals surface area contributed by atoms with Gasteiger partial charge in [-0.05, 0) is 47.0 Å². The fourth-order valence-corrected chi connectivity index (χ4v) is 1.34. The minimum Gasteiger partial charge on any atom is -0.468 e. The zero-order valence-electron chi connectivity index (χ0n) is 10.6. The monoisotopic (exact) mass is 216 g/mol. The number of carbonyl (C=O) groups excluding carboxylic acids is 1. The molecule has 0 aromatic heterocycles. The third kappa shape index (κ3) is 5.14. The molecule has 15 heavy (non-hydrogen) atoms. The summed E-state index contributed by atoms with van der Waals surface area (Å²) in [7, 11) is 5.43. The smallest absolute Gasteiger partial charge is 0.325 e. The van der Waals surface area contributed by atoms with E-state index < -0.39 is 5.54 Å². The Bertz CT molecular complexity index is 195. The van der Waals surface area contributed by atoms with Crippen LogP contribution < -0.4 is 5.32 Å². The molecule has 1 atom stereocenters. The number of esters is 1. The number of hydrogen-bond donors (Lipinski definition) is 1. The predicted octanol–water partition coefficient (Wildman–Crippen LogP) is 0.869. The van der Waals surface area contributed by atoms with Gasteiger partial charge in [-0.25, -0.2) is 0 Å². The molecule has 1 unspecified atom stereocenters. The van der Waals surface area contributed by atoms with Crippen molar-refractivity contribution < 1.29 is 9.53 Å². The van der Waals surface area contributed by atoms with Crippen molar-refractivity contribution in [2.24, 2.45) is 0 Å². The van der Waals surface area contributed by atoms with E-state index in [4.69, 9.17) is 4.74 Å². The van der Waals surface area contributed by atoms with Crippen LogP contribution in [-0.4, -0.2) is 50.7 Å². The third-order valence-electron chi connectivity index (χ3n) is 2.46. The molecule has 0 aromatic carbocycles. The number of nitrogens with zero attached hydrogens (tertiary/aromatic N) is 1. The molecule has 0 aliphatic heterocycles. The van der Waals surface area contributed by atoms with E-state index in [9.17, 15) is 4.79 Å². The van der Waals surface area contributed by atoms with Gasteiger partial charge in [-0.3, -0.25) is 4.79 Å². The first-order valence-corrected chi connectivity index (χ1v) is 5.44. The quantitative estimate of drug-likeness (QED) is 0.641. The molecule has 4 nitrogen and oxygen atoms in total. The van der Waals surface area contributed by atoms with Crippen molar-refractivity contribution in [3.8, 4) is 0 Å². The van der Waals surface area contributed by atoms with Crippen molar-refractivity contribution in [1.82, 2.24) is 10.2 Å². The second-order valence-electron chi connectivity index (χ2n) is 4.30. The topological polar surface area (TPSA) is 41.6 Å². The molecular weight excluding hydrogens is 192 g/mol. The Balaban J connectivity index is 4.33. The second kappa shape index (κ2) is 6.80. The summed E-state index contributed by atoms with van der Waals surface area (Å²) in [5.41, 5.74) is -0.560. The number of methoxy groups -OCH3 is 1. The van der Waals surface area contributed by atoms with Gasteiger partial charge in [-0.15, -0.1) is 0 Å². The lowest BCUT2D eigenvalue weighted by molar-refractivity contribution is -0.148. The van der Waals surface area contributed by atoms with Gasteiger partial charge in [-0.2, -0.15) is 0 Å². The highest BCUT2D eigenvalue weighted by atomic mass is 16.5. The van der Waals surface area contributed by atoms with E-state index >= 15 is 0 Å². The van der Waals surface area contributed by atoms with Crippen molar-refractivity contribution in [1.29, 1.82) is 0 Å². The molecule has 0 rings (SSSR count). The molecule has 0 fully saturated rings. The van der Waals surface area contributed by atoms with Crippen molar-refractivity contribution >= 4 is 5.97 Å². The summed E-state index contributed by atoms with van der Waals surface area (Å²) < 4.78 is 4.82. The molecular formula is C11H24N2O2. The standard InChI is InChI=1S/C11H24N2O2/c1-6-8-12-11(2,10(14)15-5)7-9-13(3)4/h12H,6-9H2,1-5H3. The molecule has 0 radical (unpaired) electrons. The van der Waals surface area contributed by atoms with Crippen LogP contribution in [0.25, 0.3) is 0 Å². The van der Waals surface area contributed by atoms with Crippen LogP contribution in [0.15, 0.2) is 0 Å². The third-order valence-corrected chi connectivity index (χ3v) is 2.46. The zero-order valence-corrected chi connectivity index (χ0v) is 10.6. The summed E-state index contributed by atoms with van der Waals surface area (Å²) in [6, 6.07) is 0. The number of nitrogens with one attached hydrogen (secondary N) is 1. The molecule has 0 saturated carbocycles. The molecule has 0 aromatic rings. The summed E-state index contributed by atoms with van der Waals surface area (Å²) in [5.74, 6) is -0.183. The molecule has 0 aliphatic carbocycles. The summed E-state index contributed by atoms with van der Waals surface area (Å²) in [5, 5.41) is 3.25. The first kappa shape index (κ1) is 14.4. The molecule has 0 aliphatic rings. The largest absolute Gasteiger partial charge is 0.468 e. The molecule has 90 valence electrons. The highest BCUT2D eigenvalue weighted by molar-refractivity contribution is 5.80. The maximum Gasteiger partial charge on any atom is 0.325 e. The Morgan fingerprint density at radius 3 is 2.47 bits per heavy atom. The number of rotatable bonds is 7. The average molecular weight is 216 g/mol. The van der Waals surface area contributed by atoms with E-state index in [0.29, 0.717) is 0 Å². The molecule has 0 spiro atoms. The molecule has 0 bridgehead atoms. The number of ether oxygens (including phenoxy) is 1. The lowest BCUT2D eigenvalue weighted by Gasteiger charge is -2.29. The molecule has 0 saturated heterocycles. The second-order valence-corrected chi connectivity index (χ2v) is 4.30. The first-order chi connectivity index (χ1) is 6.96. The number of carbonyl (C=O) groups is 1. The van der Waals surface area contributed by atoms with E-state index in [1.807, 2.05) is 21.0 Å². The summed E-state index contributed by atoms with van der Waals surface area (Å²) in [6.07, 6.45) is 1.77. The van der Waals surface area contributed by atoms with Gasteiger partial charge in [-0.1, -0.05) is 6.92 Å². The van der Waals surface area contributed by atoms with Crippen LogP contribution in [0.4, 0.5) is 0 Å². The van der Waals surface area contributed by atoms with E-state index in [-0.39, 0.29) is 5.97 Å². The Morgan fingerprint density at radius 2 is 2.07 bits per heavy atom. The van der Waals surface area contributed by atoms with E-state index in [1.165, 1.54) is 7.11 Å². The summed E-state index contributed by atoms with van der Waals surface area (Å²) >= 11 is 0. The average Bonchev–Trinajstić information content (AvgIpc) is 2.22. The normalized spacial score (nSPS) is 15.1. The van der Waals surface area contributed by atoms with Crippen molar-refractivity contribution in [3.63, 3.8) is 0 Å². The lowest BCUT2D eigenvalue weighted by Crippen LogP contribution is -2.51. The molecule has 4 heteroatoms. The molecule has 0 heterocycles. The van der Waals surface area contributed by atoms with Crippen LogP contribution in [0.2, 0.25) is 0 Å². The Kier molecular flexibility index (Phi) is 6.52. The van der Waals surface area contributed by atoms with Crippen LogP contribution in [0.3, 0.4) is 0 Å². The number of hydrogen-bond acceptors (Lipinski definition) is 4. The van der Waals surface area contributed by atoms with Crippen LogP contribution in [0.1, 0.15) is 26.7 Å². The van der Waals surface area contributed by atoms with Crippen molar-refractivity contribution in [2.45, 2.75) is 32.2 Å². The Morgan fingerprint density at radius 1 is 1.47 bits per heavy atom. The summed E-state index contributed by atoms with van der Waals surface area (Å²) in [6.45, 7) is 5.68. The molecule has 1 N–H and O–H groups in total. The highest BCUT2D eigenvalue weighted by Crippen LogP contribution is 2.12. The van der Waals surface area contributed by atoms with Gasteiger partial charge in [0.05, 0.1) is 7.11 Å². The minimum absolute atomic E-state index is 0.183. The predicted molar refractivity (Wildman–Crippen MR) is 61.9 cm³/mol. The van der Waals surface area contributed by atoms with Crippen LogP contribution in [0, 0.1) is 0 Å². The lowest BCUT2D eigenvalue weighted by atomic mass is 9.97. The van der Waals surface area contributed by atoms with Gasteiger partial charge < -0.3 is 15.0 Å². The fourth-order valence-electron chi connectivity index (χ4n) is 1.34. The minimum atomic E-state index is -0.560. The van der Waals surface area contributed by atoms with E-state index in [2.05, 4.69) is 17.1 Å². The van der Waals surface area contributed by atoms with Crippen LogP contribution in [-0.2, 0) is 9.53 Å². The van der Waals surface area contributed by atoms with E-state index in [0.717, 1.165) is 25.9 Å². The fraction of sp³-hybridized carbons (Fsp3) is 0.909. The van der Waals surface area contributed by atoms with Gasteiger partial charge in [0.25, 0.3) is 0 Å². The van der Waals surface area contributed by atoms with Crippen molar-refractivity contribution in [3.05, 3.63) is 0 Å². The van der Waals surface area contributed by atoms with Crippen molar-refractivity contribution in [2.75, 3.05) is 34.3 Å². The van der Waals surface area contributed by atoms with Gasteiger partial charge in [0.2, 0.25) is 0 Å². The highest BCUT2D eigenvalue weighted by Gasteiger charge is 2.33. The molecule has 0 amide bonds. The zero-order chi connectivity index (χ0) is 11.9. The van der Waals surface area contributed by atoms with Crippen LogP contribution in [0.5, 0.6) is 0 Å². The van der Waals surface area contributed by atoms with Gasteiger partial charge in [0.1, 0.15) is 5.54 Å². The van der Waals surface area contributed by atoms with Crippen LogP contribution >= 0.6 is 0 Å². The summed E-state index contributed by atoms with van der Waals surface area (Å²) in [4.78, 5) is 13.7. The van der Waals surface area contributed by atoms with Gasteiger partial charge >= 0.3 is 5.97 Å². The van der Waals surface area contributed by atoms with E-state index in [1.54, 1.807) is 0 Å². The Labute approximate surface area is 93.0 Å². The SMILES string of the molecule is CCCNC(C)(CCN(C)C)C(=O)OC. The maximum absolute atomic E-state index is 11.6. The first-order valence-electron chi connectivity index (χ1n) is 5.44. The van der Waals surface area contributed by atoms with Gasteiger partial charge in [0, 0.05) is 0 Å². The maximum atomic E-state index is 11.6.